The van der Waals surface area contributed by atoms with Crippen LogP contribution in [-0.4, -0.2) is 35.1 Å². The molecule has 0 amide bonds. The third kappa shape index (κ3) is 4.27. The van der Waals surface area contributed by atoms with E-state index < -0.39 is 0 Å². The molecule has 114 valence electrons. The molecule has 1 saturated heterocycles. The highest BCUT2D eigenvalue weighted by atomic mass is 32.1. The van der Waals surface area contributed by atoms with Crippen molar-refractivity contribution in [1.29, 1.82) is 0 Å². The lowest BCUT2D eigenvalue weighted by molar-refractivity contribution is 0.0786. The summed E-state index contributed by atoms with van der Waals surface area (Å²) in [6.07, 6.45) is 4.43. The molecule has 0 aliphatic carbocycles. The summed E-state index contributed by atoms with van der Waals surface area (Å²) in [6, 6.07) is 1.28. The Balaban J connectivity index is 2.02. The average molecular weight is 295 g/mol. The molecular weight excluding hydrogens is 266 g/mol. The molecule has 0 aromatic carbocycles. The van der Waals surface area contributed by atoms with Crippen LogP contribution in [0.5, 0.6) is 0 Å². The van der Waals surface area contributed by atoms with Gasteiger partial charge in [-0.2, -0.15) is 0 Å². The average Bonchev–Trinajstić information content (AvgIpc) is 2.90. The predicted molar refractivity (Wildman–Crippen MR) is 87.0 cm³/mol. The second kappa shape index (κ2) is 7.53. The molecular formula is C16H29N3S. The summed E-state index contributed by atoms with van der Waals surface area (Å²) in [4.78, 5) is 7.14. The summed E-state index contributed by atoms with van der Waals surface area (Å²) >= 11 is 1.78. The quantitative estimate of drug-likeness (QED) is 0.872. The van der Waals surface area contributed by atoms with Gasteiger partial charge in [-0.25, -0.2) is 4.98 Å². The minimum Gasteiger partial charge on any atom is -0.311 e. The van der Waals surface area contributed by atoms with Crippen molar-refractivity contribution in [3.8, 4) is 0 Å². The maximum absolute atomic E-state index is 4.47. The van der Waals surface area contributed by atoms with Crippen LogP contribution in [0.1, 0.15) is 45.5 Å². The van der Waals surface area contributed by atoms with Crippen LogP contribution in [0.4, 0.5) is 0 Å². The molecule has 3 nitrogen and oxygen atoms in total. The summed E-state index contributed by atoms with van der Waals surface area (Å²) in [5.74, 6) is 1.50. The van der Waals surface area contributed by atoms with Crippen LogP contribution in [-0.2, 0) is 6.54 Å². The number of hydrogen-bond acceptors (Lipinski definition) is 4. The Hall–Kier alpha value is -0.450. The second-order valence-electron chi connectivity index (χ2n) is 6.54. The van der Waals surface area contributed by atoms with E-state index in [1.165, 1.54) is 17.8 Å². The fourth-order valence-corrected chi connectivity index (χ4v) is 3.79. The highest BCUT2D eigenvalue weighted by Crippen LogP contribution is 2.23. The molecule has 1 aromatic rings. The van der Waals surface area contributed by atoms with Crippen molar-refractivity contribution in [2.45, 2.75) is 59.2 Å². The Labute approximate surface area is 127 Å². The van der Waals surface area contributed by atoms with E-state index in [4.69, 9.17) is 0 Å². The maximum atomic E-state index is 4.47. The highest BCUT2D eigenvalue weighted by Gasteiger charge is 2.31. The molecule has 1 aliphatic rings. The van der Waals surface area contributed by atoms with Crippen LogP contribution in [0.2, 0.25) is 0 Å². The van der Waals surface area contributed by atoms with E-state index in [0.717, 1.165) is 31.5 Å². The van der Waals surface area contributed by atoms with Crippen molar-refractivity contribution in [2.24, 2.45) is 11.8 Å². The summed E-state index contributed by atoms with van der Waals surface area (Å²) in [7, 11) is 0. The molecule has 1 N–H and O–H groups in total. The zero-order chi connectivity index (χ0) is 14.5. The number of nitrogens with one attached hydrogen (secondary N) is 1. The number of aromatic nitrogens is 1. The van der Waals surface area contributed by atoms with Gasteiger partial charge in [0.1, 0.15) is 5.01 Å². The fraction of sp³-hybridized carbons (Fsp3) is 0.812. The Kier molecular flexibility index (Phi) is 6.00. The van der Waals surface area contributed by atoms with E-state index in [9.17, 15) is 0 Å². The Morgan fingerprint density at radius 3 is 2.85 bits per heavy atom. The largest absolute Gasteiger partial charge is 0.311 e. The number of rotatable bonds is 6. The van der Waals surface area contributed by atoms with Crippen molar-refractivity contribution in [1.82, 2.24) is 15.2 Å². The molecule has 2 rings (SSSR count). The molecule has 3 unspecified atom stereocenters. The van der Waals surface area contributed by atoms with Gasteiger partial charge in [-0.15, -0.1) is 11.3 Å². The first-order valence-corrected chi connectivity index (χ1v) is 8.83. The van der Waals surface area contributed by atoms with Gasteiger partial charge in [0, 0.05) is 36.8 Å². The van der Waals surface area contributed by atoms with Crippen molar-refractivity contribution in [3.63, 3.8) is 0 Å². The Morgan fingerprint density at radius 2 is 2.25 bits per heavy atom. The van der Waals surface area contributed by atoms with Gasteiger partial charge in [0.15, 0.2) is 0 Å². The van der Waals surface area contributed by atoms with E-state index in [0.29, 0.717) is 12.1 Å². The third-order valence-corrected chi connectivity index (χ3v) is 5.18. The Morgan fingerprint density at radius 1 is 1.45 bits per heavy atom. The molecule has 0 saturated carbocycles. The molecule has 1 fully saturated rings. The van der Waals surface area contributed by atoms with Gasteiger partial charge in [0.25, 0.3) is 0 Å². The fourth-order valence-electron chi connectivity index (χ4n) is 3.15. The lowest BCUT2D eigenvalue weighted by Gasteiger charge is -2.43. The lowest BCUT2D eigenvalue weighted by atomic mass is 9.92. The molecule has 3 atom stereocenters. The summed E-state index contributed by atoms with van der Waals surface area (Å²) < 4.78 is 0. The van der Waals surface area contributed by atoms with Crippen molar-refractivity contribution >= 4 is 11.3 Å². The van der Waals surface area contributed by atoms with Gasteiger partial charge in [-0.3, -0.25) is 4.90 Å². The molecule has 20 heavy (non-hydrogen) atoms. The number of piperazine rings is 1. The molecule has 2 heterocycles. The summed E-state index contributed by atoms with van der Waals surface area (Å²) in [5.41, 5.74) is 0. The van der Waals surface area contributed by atoms with E-state index in [-0.39, 0.29) is 0 Å². The molecule has 1 aromatic heterocycles. The third-order valence-electron chi connectivity index (χ3n) is 4.42. The predicted octanol–water partition coefficient (Wildman–Crippen LogP) is 3.38. The van der Waals surface area contributed by atoms with Crippen LogP contribution in [0.15, 0.2) is 11.6 Å². The van der Waals surface area contributed by atoms with Crippen molar-refractivity contribution < 1.29 is 0 Å². The van der Waals surface area contributed by atoms with Crippen LogP contribution in [0.25, 0.3) is 0 Å². The van der Waals surface area contributed by atoms with Gasteiger partial charge in [-0.1, -0.05) is 34.1 Å². The van der Waals surface area contributed by atoms with Gasteiger partial charge in [0.2, 0.25) is 0 Å². The molecule has 4 heteroatoms. The van der Waals surface area contributed by atoms with E-state index in [2.05, 4.69) is 48.3 Å². The van der Waals surface area contributed by atoms with Crippen molar-refractivity contribution in [3.05, 3.63) is 16.6 Å². The lowest BCUT2D eigenvalue weighted by Crippen LogP contribution is -2.58. The standard InChI is InChI=1S/C16H29N3S/c1-5-13(4)15-9-18-14(8-12(2)3)10-19(15)11-16-17-6-7-20-16/h6-7,12-15,18H,5,8-11H2,1-4H3. The molecule has 1 aliphatic heterocycles. The molecule has 0 radical (unpaired) electrons. The summed E-state index contributed by atoms with van der Waals surface area (Å²) in [6.45, 7) is 12.6. The highest BCUT2D eigenvalue weighted by molar-refractivity contribution is 7.09. The van der Waals surface area contributed by atoms with Crippen LogP contribution >= 0.6 is 11.3 Å². The minimum atomic E-state index is 0.635. The van der Waals surface area contributed by atoms with Crippen molar-refractivity contribution in [2.75, 3.05) is 13.1 Å². The summed E-state index contributed by atoms with van der Waals surface area (Å²) in [5, 5.41) is 7.10. The Bertz CT molecular complexity index is 377. The van der Waals surface area contributed by atoms with E-state index >= 15 is 0 Å². The van der Waals surface area contributed by atoms with Crippen LogP contribution < -0.4 is 5.32 Å². The number of nitrogens with zero attached hydrogens (tertiary/aromatic N) is 2. The topological polar surface area (TPSA) is 28.2 Å². The van der Waals surface area contributed by atoms with Crippen LogP contribution in [0.3, 0.4) is 0 Å². The van der Waals surface area contributed by atoms with E-state index in [1.54, 1.807) is 11.3 Å². The molecule has 0 spiro atoms. The van der Waals surface area contributed by atoms with Crippen LogP contribution in [0, 0.1) is 11.8 Å². The first kappa shape index (κ1) is 15.9. The molecule has 0 bridgehead atoms. The van der Waals surface area contributed by atoms with Gasteiger partial charge in [-0.05, 0) is 18.3 Å². The monoisotopic (exact) mass is 295 g/mol. The second-order valence-corrected chi connectivity index (χ2v) is 7.52. The smallest absolute Gasteiger partial charge is 0.107 e. The maximum Gasteiger partial charge on any atom is 0.107 e. The minimum absolute atomic E-state index is 0.635. The van der Waals surface area contributed by atoms with Gasteiger partial charge in [0.05, 0.1) is 6.54 Å². The zero-order valence-corrected chi connectivity index (χ0v) is 14.1. The normalized spacial score (nSPS) is 26.1. The van der Waals surface area contributed by atoms with Gasteiger partial charge < -0.3 is 5.32 Å². The van der Waals surface area contributed by atoms with Gasteiger partial charge >= 0.3 is 0 Å². The first-order chi connectivity index (χ1) is 9.60. The first-order valence-electron chi connectivity index (χ1n) is 7.96. The zero-order valence-electron chi connectivity index (χ0n) is 13.3. The number of thiazole rings is 1. The number of hydrogen-bond donors (Lipinski definition) is 1. The van der Waals surface area contributed by atoms with E-state index in [1.807, 2.05) is 6.20 Å². The SMILES string of the molecule is CCC(C)C1CNC(CC(C)C)CN1Cc1nccs1.